The maximum atomic E-state index is 12.9. The first-order valence-corrected chi connectivity index (χ1v) is 6.85. The first-order chi connectivity index (χ1) is 8.66. The van der Waals surface area contributed by atoms with Crippen molar-refractivity contribution in [1.82, 2.24) is 0 Å². The van der Waals surface area contributed by atoms with E-state index in [0.717, 1.165) is 0 Å². The van der Waals surface area contributed by atoms with Crippen LogP contribution in [0.4, 0.5) is 13.2 Å². The van der Waals surface area contributed by atoms with Crippen LogP contribution in [0.2, 0.25) is 10.0 Å². The summed E-state index contributed by atoms with van der Waals surface area (Å²) in [6.45, 7) is 1.54. The topological polar surface area (TPSA) is 35.2 Å². The SMILES string of the molecule is CCC(N)C(Oc1cc(Cl)c(Br)cc1Cl)C(F)(F)F. The molecule has 108 valence electrons. The van der Waals surface area contributed by atoms with Crippen molar-refractivity contribution in [3.8, 4) is 5.75 Å². The average molecular weight is 381 g/mol. The first-order valence-electron chi connectivity index (χ1n) is 5.30. The summed E-state index contributed by atoms with van der Waals surface area (Å²) in [5.74, 6) is -0.152. The fraction of sp³-hybridized carbons (Fsp3) is 0.455. The highest BCUT2D eigenvalue weighted by Gasteiger charge is 2.45. The smallest absolute Gasteiger partial charge is 0.426 e. The van der Waals surface area contributed by atoms with Gasteiger partial charge in [0.2, 0.25) is 6.10 Å². The minimum atomic E-state index is -4.59. The number of hydrogen-bond acceptors (Lipinski definition) is 2. The van der Waals surface area contributed by atoms with E-state index in [-0.39, 0.29) is 22.2 Å². The van der Waals surface area contributed by atoms with E-state index in [1.165, 1.54) is 12.1 Å². The van der Waals surface area contributed by atoms with Crippen molar-refractivity contribution in [3.05, 3.63) is 26.7 Å². The molecule has 0 saturated heterocycles. The van der Waals surface area contributed by atoms with Crippen LogP contribution in [0.5, 0.6) is 5.75 Å². The molecule has 0 saturated carbocycles. The minimum Gasteiger partial charge on any atom is -0.478 e. The number of benzene rings is 1. The molecule has 0 aromatic heterocycles. The number of nitrogens with two attached hydrogens (primary N) is 1. The molecular weight excluding hydrogens is 370 g/mol. The number of rotatable bonds is 4. The van der Waals surface area contributed by atoms with Gasteiger partial charge in [-0.15, -0.1) is 0 Å². The molecule has 0 bridgehead atoms. The van der Waals surface area contributed by atoms with E-state index in [4.69, 9.17) is 33.7 Å². The van der Waals surface area contributed by atoms with Crippen LogP contribution in [0.15, 0.2) is 16.6 Å². The van der Waals surface area contributed by atoms with Gasteiger partial charge in [0.1, 0.15) is 5.75 Å². The summed E-state index contributed by atoms with van der Waals surface area (Å²) < 4.78 is 44.0. The fourth-order valence-corrected chi connectivity index (χ4v) is 2.18. The van der Waals surface area contributed by atoms with Crippen LogP contribution < -0.4 is 10.5 Å². The Balaban J connectivity index is 3.07. The summed E-state index contributed by atoms with van der Waals surface area (Å²) in [6.07, 6.45) is -6.60. The van der Waals surface area contributed by atoms with E-state index in [9.17, 15) is 13.2 Å². The number of ether oxygens (including phenoxy) is 1. The van der Waals surface area contributed by atoms with E-state index in [2.05, 4.69) is 15.9 Å². The van der Waals surface area contributed by atoms with Crippen LogP contribution >= 0.6 is 39.1 Å². The molecule has 1 aromatic carbocycles. The molecule has 0 aliphatic rings. The maximum Gasteiger partial charge on any atom is 0.426 e. The lowest BCUT2D eigenvalue weighted by atomic mass is 10.1. The predicted octanol–water partition coefficient (Wildman–Crippen LogP) is 4.80. The van der Waals surface area contributed by atoms with Gasteiger partial charge in [-0.25, -0.2) is 0 Å². The van der Waals surface area contributed by atoms with Gasteiger partial charge in [0.15, 0.2) is 0 Å². The van der Waals surface area contributed by atoms with Crippen molar-refractivity contribution < 1.29 is 17.9 Å². The van der Waals surface area contributed by atoms with Crippen LogP contribution in [0.25, 0.3) is 0 Å². The summed E-state index contributed by atoms with van der Waals surface area (Å²) in [4.78, 5) is 0. The highest BCUT2D eigenvalue weighted by atomic mass is 79.9. The van der Waals surface area contributed by atoms with Crippen molar-refractivity contribution >= 4 is 39.1 Å². The Morgan fingerprint density at radius 1 is 1.32 bits per heavy atom. The lowest BCUT2D eigenvalue weighted by Crippen LogP contribution is -2.48. The second-order valence-corrected chi connectivity index (χ2v) is 5.52. The molecule has 2 atom stereocenters. The number of alkyl halides is 3. The molecule has 1 aromatic rings. The van der Waals surface area contributed by atoms with E-state index in [1.807, 2.05) is 0 Å². The Morgan fingerprint density at radius 3 is 2.37 bits per heavy atom. The van der Waals surface area contributed by atoms with Crippen LogP contribution in [-0.2, 0) is 0 Å². The van der Waals surface area contributed by atoms with E-state index < -0.39 is 18.3 Å². The quantitative estimate of drug-likeness (QED) is 0.761. The maximum absolute atomic E-state index is 12.9. The minimum absolute atomic E-state index is 0.0221. The number of halogens is 6. The zero-order chi connectivity index (χ0) is 14.8. The lowest BCUT2D eigenvalue weighted by molar-refractivity contribution is -0.200. The lowest BCUT2D eigenvalue weighted by Gasteiger charge is -2.26. The second-order valence-electron chi connectivity index (χ2n) is 3.85. The third kappa shape index (κ3) is 4.41. The van der Waals surface area contributed by atoms with Crippen LogP contribution in [-0.4, -0.2) is 18.3 Å². The van der Waals surface area contributed by atoms with Crippen LogP contribution in [0.1, 0.15) is 13.3 Å². The molecule has 0 heterocycles. The Bertz CT molecular complexity index is 456. The van der Waals surface area contributed by atoms with Gasteiger partial charge in [0.05, 0.1) is 16.1 Å². The third-order valence-electron chi connectivity index (χ3n) is 2.41. The van der Waals surface area contributed by atoms with Gasteiger partial charge in [-0.3, -0.25) is 0 Å². The standard InChI is InChI=1S/C11H11BrCl2F3NO/c1-2-8(18)10(11(15,16)17)19-9-4-6(13)5(12)3-7(9)14/h3-4,8,10H,2,18H2,1H3. The van der Waals surface area contributed by atoms with Gasteiger partial charge in [0, 0.05) is 10.5 Å². The molecule has 0 aliphatic heterocycles. The molecule has 19 heavy (non-hydrogen) atoms. The molecule has 0 radical (unpaired) electrons. The van der Waals surface area contributed by atoms with Gasteiger partial charge >= 0.3 is 6.18 Å². The Kier molecular flexibility index (Phi) is 5.79. The fourth-order valence-electron chi connectivity index (χ4n) is 1.34. The van der Waals surface area contributed by atoms with Crippen molar-refractivity contribution in [1.29, 1.82) is 0 Å². The molecule has 0 spiro atoms. The van der Waals surface area contributed by atoms with Crippen LogP contribution in [0.3, 0.4) is 0 Å². The number of hydrogen-bond donors (Lipinski definition) is 1. The normalized spacial score (nSPS) is 15.2. The second kappa shape index (κ2) is 6.52. The Labute approximate surface area is 127 Å². The first kappa shape index (κ1) is 16.9. The highest BCUT2D eigenvalue weighted by Crippen LogP contribution is 2.37. The molecule has 2 nitrogen and oxygen atoms in total. The molecule has 2 unspecified atom stereocenters. The molecule has 0 fully saturated rings. The van der Waals surface area contributed by atoms with E-state index >= 15 is 0 Å². The Hall–Kier alpha value is -0.170. The summed E-state index contributed by atoms with van der Waals surface area (Å²) in [7, 11) is 0. The zero-order valence-electron chi connectivity index (χ0n) is 9.77. The molecule has 1 rings (SSSR count). The van der Waals surface area contributed by atoms with Crippen molar-refractivity contribution in [2.45, 2.75) is 31.7 Å². The summed E-state index contributed by atoms with van der Waals surface area (Å²) in [6, 6.07) is 1.40. The Morgan fingerprint density at radius 2 is 1.89 bits per heavy atom. The molecule has 0 aliphatic carbocycles. The molecule has 2 N–H and O–H groups in total. The van der Waals surface area contributed by atoms with Crippen molar-refractivity contribution in [2.24, 2.45) is 5.73 Å². The van der Waals surface area contributed by atoms with Gasteiger partial charge in [-0.05, 0) is 28.4 Å². The average Bonchev–Trinajstić information content (AvgIpc) is 2.29. The highest BCUT2D eigenvalue weighted by molar-refractivity contribution is 9.10. The zero-order valence-corrected chi connectivity index (χ0v) is 12.9. The molecular formula is C11H11BrCl2F3NO. The van der Waals surface area contributed by atoms with Crippen molar-refractivity contribution in [3.63, 3.8) is 0 Å². The van der Waals surface area contributed by atoms with E-state index in [1.54, 1.807) is 6.92 Å². The summed E-state index contributed by atoms with van der Waals surface area (Å²) in [5.41, 5.74) is 5.44. The third-order valence-corrected chi connectivity index (χ3v) is 3.90. The predicted molar refractivity (Wildman–Crippen MR) is 72.9 cm³/mol. The monoisotopic (exact) mass is 379 g/mol. The largest absolute Gasteiger partial charge is 0.478 e. The molecule has 0 amide bonds. The summed E-state index contributed by atoms with van der Waals surface area (Å²) >= 11 is 14.7. The van der Waals surface area contributed by atoms with Gasteiger partial charge in [-0.1, -0.05) is 30.1 Å². The van der Waals surface area contributed by atoms with Gasteiger partial charge < -0.3 is 10.5 Å². The van der Waals surface area contributed by atoms with Crippen molar-refractivity contribution in [2.75, 3.05) is 0 Å². The molecule has 8 heteroatoms. The summed E-state index contributed by atoms with van der Waals surface area (Å²) in [5, 5.41) is 0.222. The van der Waals surface area contributed by atoms with Crippen LogP contribution in [0, 0.1) is 0 Å². The van der Waals surface area contributed by atoms with E-state index in [0.29, 0.717) is 4.47 Å². The van der Waals surface area contributed by atoms with Gasteiger partial charge in [0.25, 0.3) is 0 Å². The van der Waals surface area contributed by atoms with Gasteiger partial charge in [-0.2, -0.15) is 13.2 Å².